The number of carbonyl (C=O) groups is 1. The molecule has 0 N–H and O–H groups in total. The lowest BCUT2D eigenvalue weighted by Crippen LogP contribution is -2.11. The molecular formula is C11H13FO2. The van der Waals surface area contributed by atoms with Gasteiger partial charge in [0.05, 0.1) is 7.11 Å². The Bertz CT molecular complexity index is 324. The van der Waals surface area contributed by atoms with Gasteiger partial charge in [-0.25, -0.2) is 9.18 Å². The van der Waals surface area contributed by atoms with Crippen LogP contribution in [-0.4, -0.2) is 13.1 Å². The van der Waals surface area contributed by atoms with Gasteiger partial charge in [-0.2, -0.15) is 0 Å². The fourth-order valence-electron chi connectivity index (χ4n) is 1.82. The van der Waals surface area contributed by atoms with Crippen molar-refractivity contribution in [3.05, 3.63) is 23.0 Å². The van der Waals surface area contributed by atoms with E-state index in [1.807, 2.05) is 0 Å². The van der Waals surface area contributed by atoms with Crippen molar-refractivity contribution >= 4 is 5.97 Å². The predicted octanol–water partition coefficient (Wildman–Crippen LogP) is 2.51. The van der Waals surface area contributed by atoms with E-state index in [0.29, 0.717) is 24.3 Å². The maximum Gasteiger partial charge on any atom is 0.334 e. The van der Waals surface area contributed by atoms with Crippen LogP contribution < -0.4 is 0 Å². The van der Waals surface area contributed by atoms with E-state index in [4.69, 9.17) is 0 Å². The molecule has 2 aliphatic carbocycles. The first-order chi connectivity index (χ1) is 6.72. The lowest BCUT2D eigenvalue weighted by Gasteiger charge is -2.14. The zero-order chi connectivity index (χ0) is 10.1. The van der Waals surface area contributed by atoms with Gasteiger partial charge in [0, 0.05) is 12.0 Å². The average Bonchev–Trinajstić information content (AvgIpc) is 3.00. The molecule has 0 radical (unpaired) electrons. The topological polar surface area (TPSA) is 26.3 Å². The number of hydrogen-bond acceptors (Lipinski definition) is 2. The fourth-order valence-corrected chi connectivity index (χ4v) is 1.82. The molecule has 0 aliphatic heterocycles. The molecule has 0 amide bonds. The maximum atomic E-state index is 13.0. The van der Waals surface area contributed by atoms with E-state index < -0.39 is 0 Å². The lowest BCUT2D eigenvalue weighted by molar-refractivity contribution is -0.136. The van der Waals surface area contributed by atoms with Crippen molar-refractivity contribution < 1.29 is 13.9 Å². The van der Waals surface area contributed by atoms with Crippen molar-refractivity contribution in [2.24, 2.45) is 5.92 Å². The highest BCUT2D eigenvalue weighted by Crippen LogP contribution is 2.42. The third-order valence-electron chi connectivity index (χ3n) is 2.72. The van der Waals surface area contributed by atoms with Gasteiger partial charge in [-0.05, 0) is 36.8 Å². The van der Waals surface area contributed by atoms with Gasteiger partial charge in [0.25, 0.3) is 0 Å². The summed E-state index contributed by atoms with van der Waals surface area (Å²) < 4.78 is 17.7. The van der Waals surface area contributed by atoms with Crippen molar-refractivity contribution in [3.63, 3.8) is 0 Å². The molecule has 0 heterocycles. The number of methoxy groups -OCH3 is 1. The monoisotopic (exact) mass is 196 g/mol. The van der Waals surface area contributed by atoms with E-state index >= 15 is 0 Å². The van der Waals surface area contributed by atoms with Crippen LogP contribution in [0.3, 0.4) is 0 Å². The normalized spacial score (nSPS) is 22.0. The van der Waals surface area contributed by atoms with E-state index in [0.717, 1.165) is 18.4 Å². The molecule has 0 bridgehead atoms. The summed E-state index contributed by atoms with van der Waals surface area (Å²) in [6.07, 6.45) is 4.48. The Balaban J connectivity index is 2.31. The number of halogens is 1. The molecule has 0 unspecified atom stereocenters. The van der Waals surface area contributed by atoms with Crippen molar-refractivity contribution in [1.82, 2.24) is 0 Å². The Morgan fingerprint density at radius 3 is 2.79 bits per heavy atom. The fraction of sp³-hybridized carbons (Fsp3) is 0.545. The number of ether oxygens (including phenoxy) is 1. The molecule has 0 saturated heterocycles. The molecule has 14 heavy (non-hydrogen) atoms. The lowest BCUT2D eigenvalue weighted by atomic mass is 9.94. The van der Waals surface area contributed by atoms with Gasteiger partial charge >= 0.3 is 5.97 Å². The average molecular weight is 196 g/mol. The second-order valence-corrected chi connectivity index (χ2v) is 3.79. The molecule has 3 heteroatoms. The van der Waals surface area contributed by atoms with Crippen LogP contribution in [0.25, 0.3) is 0 Å². The number of hydrogen-bond donors (Lipinski definition) is 0. The zero-order valence-electron chi connectivity index (χ0n) is 8.18. The molecule has 76 valence electrons. The summed E-state index contributed by atoms with van der Waals surface area (Å²) in [6, 6.07) is 0. The van der Waals surface area contributed by atoms with Crippen LogP contribution in [-0.2, 0) is 9.53 Å². The number of allylic oxidation sites excluding steroid dienone is 3. The van der Waals surface area contributed by atoms with E-state index in [1.54, 1.807) is 0 Å². The smallest absolute Gasteiger partial charge is 0.334 e. The second-order valence-electron chi connectivity index (χ2n) is 3.79. The van der Waals surface area contributed by atoms with Crippen LogP contribution in [0.5, 0.6) is 0 Å². The van der Waals surface area contributed by atoms with Crippen LogP contribution in [0.15, 0.2) is 23.0 Å². The Kier molecular flexibility index (Phi) is 2.40. The molecule has 2 rings (SSSR count). The van der Waals surface area contributed by atoms with Gasteiger partial charge in [0.15, 0.2) is 0 Å². The Morgan fingerprint density at radius 2 is 2.21 bits per heavy atom. The van der Waals surface area contributed by atoms with Gasteiger partial charge in [0.2, 0.25) is 0 Å². The SMILES string of the molecule is COC(=O)C1=C(C2CC2)C=C(F)CC1. The third kappa shape index (κ3) is 1.72. The third-order valence-corrected chi connectivity index (χ3v) is 2.72. The highest BCUT2D eigenvalue weighted by atomic mass is 19.1. The molecule has 0 spiro atoms. The van der Waals surface area contributed by atoms with Gasteiger partial charge in [-0.3, -0.25) is 0 Å². The summed E-state index contributed by atoms with van der Waals surface area (Å²) in [4.78, 5) is 11.4. The first-order valence-corrected chi connectivity index (χ1v) is 4.90. The molecule has 2 nitrogen and oxygen atoms in total. The minimum Gasteiger partial charge on any atom is -0.466 e. The Morgan fingerprint density at radius 1 is 1.50 bits per heavy atom. The van der Waals surface area contributed by atoms with Gasteiger partial charge < -0.3 is 4.74 Å². The highest BCUT2D eigenvalue weighted by Gasteiger charge is 2.31. The van der Waals surface area contributed by atoms with Crippen LogP contribution >= 0.6 is 0 Å². The van der Waals surface area contributed by atoms with Gasteiger partial charge in [-0.15, -0.1) is 0 Å². The van der Waals surface area contributed by atoms with Crippen molar-refractivity contribution in [2.45, 2.75) is 25.7 Å². The van der Waals surface area contributed by atoms with Crippen LogP contribution in [0.2, 0.25) is 0 Å². The van der Waals surface area contributed by atoms with E-state index in [9.17, 15) is 9.18 Å². The van der Waals surface area contributed by atoms with E-state index in [-0.39, 0.29) is 11.8 Å². The van der Waals surface area contributed by atoms with Crippen LogP contribution in [0, 0.1) is 5.92 Å². The summed E-state index contributed by atoms with van der Waals surface area (Å²) in [5, 5.41) is 0. The predicted molar refractivity (Wildman–Crippen MR) is 50.2 cm³/mol. The first-order valence-electron chi connectivity index (χ1n) is 4.90. The summed E-state index contributed by atoms with van der Waals surface area (Å²) >= 11 is 0. The van der Waals surface area contributed by atoms with Crippen LogP contribution in [0.1, 0.15) is 25.7 Å². The molecule has 0 aromatic carbocycles. The second kappa shape index (κ2) is 3.56. The Labute approximate surface area is 82.4 Å². The molecular weight excluding hydrogens is 183 g/mol. The molecule has 1 saturated carbocycles. The Hall–Kier alpha value is -1.12. The van der Waals surface area contributed by atoms with Crippen molar-refractivity contribution in [1.29, 1.82) is 0 Å². The summed E-state index contributed by atoms with van der Waals surface area (Å²) in [7, 11) is 1.37. The largest absolute Gasteiger partial charge is 0.466 e. The van der Waals surface area contributed by atoms with E-state index in [2.05, 4.69) is 4.74 Å². The molecule has 2 aliphatic rings. The molecule has 0 aromatic heterocycles. The van der Waals surface area contributed by atoms with Gasteiger partial charge in [0.1, 0.15) is 5.83 Å². The number of esters is 1. The number of rotatable bonds is 2. The molecule has 0 atom stereocenters. The summed E-state index contributed by atoms with van der Waals surface area (Å²) in [6.45, 7) is 0. The van der Waals surface area contributed by atoms with Crippen molar-refractivity contribution in [3.8, 4) is 0 Å². The quantitative estimate of drug-likeness (QED) is 0.634. The summed E-state index contributed by atoms with van der Waals surface area (Å²) in [5.41, 5.74) is 1.55. The standard InChI is InChI=1S/C11H13FO2/c1-14-11(13)9-5-4-8(12)6-10(9)7-2-3-7/h6-7H,2-5H2,1H3. The summed E-state index contributed by atoms with van der Waals surface area (Å²) in [5.74, 6) is -0.00893. The minimum absolute atomic E-state index is 0.112. The molecule has 1 fully saturated rings. The van der Waals surface area contributed by atoms with Gasteiger partial charge in [-0.1, -0.05) is 0 Å². The maximum absolute atomic E-state index is 13.0. The van der Waals surface area contributed by atoms with Crippen LogP contribution in [0.4, 0.5) is 4.39 Å². The number of carbonyl (C=O) groups excluding carboxylic acids is 1. The molecule has 0 aromatic rings. The van der Waals surface area contributed by atoms with Crippen molar-refractivity contribution in [2.75, 3.05) is 7.11 Å². The minimum atomic E-state index is -0.296. The zero-order valence-corrected chi connectivity index (χ0v) is 8.18. The highest BCUT2D eigenvalue weighted by molar-refractivity contribution is 5.90. The van der Waals surface area contributed by atoms with E-state index in [1.165, 1.54) is 13.2 Å². The first kappa shape index (κ1) is 9.44.